The molecule has 68 valence electrons. The number of hydrogen-bond donors (Lipinski definition) is 2. The first-order valence-corrected chi connectivity index (χ1v) is 6.96. The summed E-state index contributed by atoms with van der Waals surface area (Å²) in [6, 6.07) is 0.938. The van der Waals surface area contributed by atoms with Crippen LogP contribution in [0.15, 0.2) is 0 Å². The zero-order chi connectivity index (χ0) is 8.53. The fourth-order valence-electron chi connectivity index (χ4n) is 0.774. The third-order valence-corrected chi connectivity index (χ3v) is 3.37. The molecule has 0 radical (unpaired) electrons. The number of rotatable bonds is 7. The molecule has 0 aromatic rings. The van der Waals surface area contributed by atoms with E-state index in [-0.39, 0.29) is 0 Å². The average Bonchev–Trinajstić information content (AvgIpc) is 2.01. The van der Waals surface area contributed by atoms with Gasteiger partial charge in [0.15, 0.2) is 9.04 Å². The highest BCUT2D eigenvalue weighted by Crippen LogP contribution is 1.97. The molecule has 0 aromatic heterocycles. The molecule has 0 spiro atoms. The Morgan fingerprint density at radius 2 is 2.27 bits per heavy atom. The molecule has 0 saturated heterocycles. The molecule has 0 heterocycles. The van der Waals surface area contributed by atoms with Crippen LogP contribution in [0.2, 0.25) is 6.04 Å². The van der Waals surface area contributed by atoms with Crippen LogP contribution in [0.3, 0.4) is 0 Å². The monoisotopic (exact) mass is 194 g/mol. The van der Waals surface area contributed by atoms with E-state index in [4.69, 9.17) is 4.74 Å². The number of hydrogen-bond acceptors (Lipinski definition) is 3. The van der Waals surface area contributed by atoms with Crippen LogP contribution >= 0.6 is 12.6 Å². The summed E-state index contributed by atoms with van der Waals surface area (Å²) in [5.74, 6) is 0.873. The Morgan fingerprint density at radius 1 is 1.55 bits per heavy atom. The predicted octanol–water partition coefficient (Wildman–Crippen LogP) is 0.988. The van der Waals surface area contributed by atoms with Crippen molar-refractivity contribution in [3.63, 3.8) is 0 Å². The molecule has 0 aliphatic heterocycles. The van der Waals surface area contributed by atoms with E-state index in [2.05, 4.69) is 19.6 Å². The zero-order valence-corrected chi connectivity index (χ0v) is 9.17. The molecule has 1 atom stereocenters. The molecule has 0 fully saturated rings. The normalized spacial score (nSPS) is 13.4. The lowest BCUT2D eigenvalue weighted by Crippen LogP contribution is -2.20. The Morgan fingerprint density at radius 3 is 2.82 bits per heavy atom. The van der Waals surface area contributed by atoms with Gasteiger partial charge in [0.2, 0.25) is 0 Å². The van der Waals surface area contributed by atoms with Gasteiger partial charge in [0.1, 0.15) is 0 Å². The molecule has 0 amide bonds. The summed E-state index contributed by atoms with van der Waals surface area (Å²) in [4.78, 5) is 9.39. The van der Waals surface area contributed by atoms with Gasteiger partial charge in [0.25, 0.3) is 0 Å². The molecule has 0 aliphatic rings. The van der Waals surface area contributed by atoms with Crippen molar-refractivity contribution in [3.8, 4) is 0 Å². The Kier molecular flexibility index (Phi) is 8.96. The Labute approximate surface area is 76.1 Å². The van der Waals surface area contributed by atoms with Gasteiger partial charge in [0.05, 0.1) is 6.23 Å². The molecule has 0 rings (SSSR count). The summed E-state index contributed by atoms with van der Waals surface area (Å²) in [6.07, 6.45) is 2.67. The Balaban J connectivity index is 3.02. The van der Waals surface area contributed by atoms with Gasteiger partial charge in [-0.2, -0.15) is 12.6 Å². The second kappa shape index (κ2) is 8.58. The second-order valence-electron chi connectivity index (χ2n) is 2.59. The van der Waals surface area contributed by atoms with E-state index in [9.17, 15) is 4.80 Å². The van der Waals surface area contributed by atoms with Crippen LogP contribution in [-0.4, -0.2) is 32.4 Å². The average molecular weight is 194 g/mol. The van der Waals surface area contributed by atoms with Gasteiger partial charge in [-0.25, -0.2) is 0 Å². The van der Waals surface area contributed by atoms with E-state index in [0.717, 1.165) is 31.2 Å². The van der Waals surface area contributed by atoms with Crippen LogP contribution in [0.25, 0.3) is 0 Å². The van der Waals surface area contributed by atoms with E-state index in [0.29, 0.717) is 6.23 Å². The van der Waals surface area contributed by atoms with Gasteiger partial charge < -0.3 is 9.53 Å². The molecule has 2 nitrogen and oxygen atoms in total. The molecule has 11 heavy (non-hydrogen) atoms. The summed E-state index contributed by atoms with van der Waals surface area (Å²) < 4.78 is 5.23. The van der Waals surface area contributed by atoms with Crippen LogP contribution in [0, 0.1) is 0 Å². The minimum atomic E-state index is -1.52. The van der Waals surface area contributed by atoms with Crippen molar-refractivity contribution in [1.29, 1.82) is 0 Å². The van der Waals surface area contributed by atoms with Crippen LogP contribution in [0.1, 0.15) is 19.8 Å². The SMILES string of the molecule is CCCOC[SiH](O)CCCS. The van der Waals surface area contributed by atoms with Crippen LogP contribution in [-0.2, 0) is 4.74 Å². The van der Waals surface area contributed by atoms with Crippen LogP contribution < -0.4 is 0 Å². The minimum Gasteiger partial charge on any atom is -0.432 e. The molecule has 4 heteroatoms. The lowest BCUT2D eigenvalue weighted by atomic mass is 10.5. The van der Waals surface area contributed by atoms with E-state index in [1.165, 1.54) is 0 Å². The highest BCUT2D eigenvalue weighted by atomic mass is 32.1. The standard InChI is InChI=1S/C7H18O2SSi/c1-2-4-9-7-11(8)6-3-5-10/h8,10-11H,2-7H2,1H3. The maximum Gasteiger partial charge on any atom is 0.197 e. The van der Waals surface area contributed by atoms with Crippen LogP contribution in [0.4, 0.5) is 0 Å². The molecule has 1 unspecified atom stereocenters. The first-order valence-electron chi connectivity index (χ1n) is 4.18. The maximum atomic E-state index is 9.39. The second-order valence-corrected chi connectivity index (χ2v) is 5.26. The summed E-state index contributed by atoms with van der Waals surface area (Å²) in [7, 11) is -1.52. The molecular weight excluding hydrogens is 176 g/mol. The van der Waals surface area contributed by atoms with E-state index < -0.39 is 9.04 Å². The lowest BCUT2D eigenvalue weighted by Gasteiger charge is -2.07. The number of thiol groups is 1. The fraction of sp³-hybridized carbons (Fsp3) is 1.00. The summed E-state index contributed by atoms with van der Waals surface area (Å²) in [6.45, 7) is 2.85. The molecular formula is C7H18O2SSi. The Bertz CT molecular complexity index is 82.8. The topological polar surface area (TPSA) is 29.5 Å². The maximum absolute atomic E-state index is 9.39. The van der Waals surface area contributed by atoms with Gasteiger partial charge in [-0.3, -0.25) is 0 Å². The smallest absolute Gasteiger partial charge is 0.197 e. The molecule has 0 aromatic carbocycles. The molecule has 0 aliphatic carbocycles. The van der Waals surface area contributed by atoms with E-state index in [1.54, 1.807) is 0 Å². The largest absolute Gasteiger partial charge is 0.432 e. The first kappa shape index (κ1) is 11.5. The summed E-state index contributed by atoms with van der Waals surface area (Å²) >= 11 is 4.07. The highest BCUT2D eigenvalue weighted by Gasteiger charge is 2.05. The minimum absolute atomic E-state index is 0.613. The zero-order valence-electron chi connectivity index (χ0n) is 7.12. The molecule has 1 N–H and O–H groups in total. The van der Waals surface area contributed by atoms with Crippen molar-refractivity contribution < 1.29 is 9.53 Å². The quantitative estimate of drug-likeness (QED) is 0.359. The number of ether oxygens (including phenoxy) is 1. The van der Waals surface area contributed by atoms with Crippen LogP contribution in [0.5, 0.6) is 0 Å². The molecule has 0 saturated carbocycles. The van der Waals surface area contributed by atoms with Gasteiger partial charge in [-0.15, -0.1) is 0 Å². The Hall–Kier alpha value is 0.487. The van der Waals surface area contributed by atoms with Crippen molar-refractivity contribution in [2.24, 2.45) is 0 Å². The third-order valence-electron chi connectivity index (χ3n) is 1.35. The van der Waals surface area contributed by atoms with Crippen molar-refractivity contribution in [1.82, 2.24) is 0 Å². The van der Waals surface area contributed by atoms with E-state index in [1.807, 2.05) is 0 Å². The van der Waals surface area contributed by atoms with E-state index >= 15 is 0 Å². The summed E-state index contributed by atoms with van der Waals surface area (Å²) in [5.41, 5.74) is 0. The van der Waals surface area contributed by atoms with Gasteiger partial charge >= 0.3 is 0 Å². The summed E-state index contributed by atoms with van der Waals surface area (Å²) in [5, 5.41) is 0. The van der Waals surface area contributed by atoms with Crippen molar-refractivity contribution >= 4 is 21.7 Å². The third kappa shape index (κ3) is 8.39. The van der Waals surface area contributed by atoms with Gasteiger partial charge in [-0.1, -0.05) is 6.92 Å². The highest BCUT2D eigenvalue weighted by molar-refractivity contribution is 7.80. The first-order chi connectivity index (χ1) is 5.31. The van der Waals surface area contributed by atoms with Gasteiger partial charge in [-0.05, 0) is 24.6 Å². The van der Waals surface area contributed by atoms with Crippen molar-refractivity contribution in [3.05, 3.63) is 0 Å². The predicted molar refractivity (Wildman–Crippen MR) is 53.8 cm³/mol. The fourth-order valence-corrected chi connectivity index (χ4v) is 2.58. The molecule has 0 bridgehead atoms. The lowest BCUT2D eigenvalue weighted by molar-refractivity contribution is 0.167. The van der Waals surface area contributed by atoms with Gasteiger partial charge in [0, 0.05) is 6.61 Å². The van der Waals surface area contributed by atoms with Crippen molar-refractivity contribution in [2.45, 2.75) is 25.8 Å². The van der Waals surface area contributed by atoms with Crippen molar-refractivity contribution in [2.75, 3.05) is 18.6 Å².